The van der Waals surface area contributed by atoms with Crippen LogP contribution in [-0.4, -0.2) is 38.2 Å². The van der Waals surface area contributed by atoms with Gasteiger partial charge in [-0.2, -0.15) is 18.3 Å². The Morgan fingerprint density at radius 1 is 1.41 bits per heavy atom. The Morgan fingerprint density at radius 2 is 2.12 bits per heavy atom. The number of hydrogen-bond donors (Lipinski definition) is 1. The van der Waals surface area contributed by atoms with Crippen molar-refractivity contribution < 1.29 is 36.7 Å². The molecule has 12 heteroatoms. The number of nitrogens with zero attached hydrogens (tertiary/aromatic N) is 3. The van der Waals surface area contributed by atoms with E-state index >= 15 is 0 Å². The minimum absolute atomic E-state index is 0.119. The predicted molar refractivity (Wildman–Crippen MR) is 103 cm³/mol. The first-order valence-corrected chi connectivity index (χ1v) is 9.92. The number of carbonyl (C=O) groups is 1. The first kappa shape index (κ1) is 22.3. The number of halogens is 5. The van der Waals surface area contributed by atoms with Gasteiger partial charge >= 0.3 is 12.1 Å². The first-order chi connectivity index (χ1) is 15.1. The van der Waals surface area contributed by atoms with Crippen molar-refractivity contribution in [1.82, 2.24) is 14.9 Å². The second-order valence-corrected chi connectivity index (χ2v) is 7.78. The molecule has 2 aromatic heterocycles. The van der Waals surface area contributed by atoms with Crippen LogP contribution < -0.4 is 0 Å². The van der Waals surface area contributed by atoms with E-state index in [1.54, 1.807) is 0 Å². The molecule has 170 valence electrons. The summed E-state index contributed by atoms with van der Waals surface area (Å²) in [6.07, 6.45) is -4.40. The number of aliphatic hydroxyl groups excluding tert-OH is 1. The number of rotatable bonds is 6. The molecular weight excluding hydrogens is 458 g/mol. The maximum atomic E-state index is 14.5. The van der Waals surface area contributed by atoms with Crippen molar-refractivity contribution in [3.63, 3.8) is 0 Å². The van der Waals surface area contributed by atoms with Gasteiger partial charge in [-0.25, -0.2) is 9.18 Å². The van der Waals surface area contributed by atoms with Crippen molar-refractivity contribution in [2.75, 3.05) is 0 Å². The van der Waals surface area contributed by atoms with Crippen LogP contribution in [0.15, 0.2) is 28.9 Å². The standard InChI is InChI=1S/C20H16ClF4N3O4/c1-9(29)8-28-18(20(23,24)25)11(7-26-28)17-15(19(30)31-10-5-6-10)16(27-32-17)14-12(21)3-2-4-13(14)22/h2-4,7,9-10,29H,5-6,8H2,1H3/t9-/m0/s1. The van der Waals surface area contributed by atoms with Gasteiger partial charge in [0.15, 0.2) is 11.5 Å². The lowest BCUT2D eigenvalue weighted by Crippen LogP contribution is -2.21. The van der Waals surface area contributed by atoms with E-state index in [0.29, 0.717) is 17.5 Å². The molecule has 0 unspecified atom stereocenters. The molecule has 1 aliphatic rings. The van der Waals surface area contributed by atoms with Crippen molar-refractivity contribution >= 4 is 17.6 Å². The van der Waals surface area contributed by atoms with Crippen molar-refractivity contribution in [2.24, 2.45) is 0 Å². The van der Waals surface area contributed by atoms with Crippen LogP contribution in [-0.2, 0) is 17.5 Å². The largest absolute Gasteiger partial charge is 0.459 e. The minimum Gasteiger partial charge on any atom is -0.459 e. The third-order valence-corrected chi connectivity index (χ3v) is 5.00. The molecule has 0 aliphatic heterocycles. The second kappa shape index (κ2) is 8.21. The van der Waals surface area contributed by atoms with Crippen molar-refractivity contribution in [3.8, 4) is 22.6 Å². The average molecular weight is 474 g/mol. The monoisotopic (exact) mass is 473 g/mol. The SMILES string of the molecule is C[C@H](O)Cn1ncc(-c2onc(-c3c(F)cccc3Cl)c2C(=O)OC2CC2)c1C(F)(F)F. The molecule has 32 heavy (non-hydrogen) atoms. The summed E-state index contributed by atoms with van der Waals surface area (Å²) in [4.78, 5) is 12.9. The molecule has 1 aliphatic carbocycles. The Balaban J connectivity index is 1.94. The summed E-state index contributed by atoms with van der Waals surface area (Å²) in [5.41, 5.74) is -3.05. The Labute approximate surface area is 183 Å². The molecule has 1 atom stereocenters. The summed E-state index contributed by atoms with van der Waals surface area (Å²) in [5, 5.41) is 16.8. The fraction of sp³-hybridized carbons (Fsp3) is 0.350. The zero-order valence-corrected chi connectivity index (χ0v) is 17.2. The number of benzene rings is 1. The topological polar surface area (TPSA) is 90.4 Å². The van der Waals surface area contributed by atoms with Crippen LogP contribution in [0, 0.1) is 5.82 Å². The Kier molecular flexibility index (Phi) is 5.72. The van der Waals surface area contributed by atoms with Gasteiger partial charge in [0.25, 0.3) is 0 Å². The Morgan fingerprint density at radius 3 is 2.72 bits per heavy atom. The predicted octanol–water partition coefficient (Wildman–Crippen LogP) is 4.72. The van der Waals surface area contributed by atoms with Crippen LogP contribution in [0.4, 0.5) is 17.6 Å². The van der Waals surface area contributed by atoms with Crippen molar-refractivity contribution in [3.05, 3.63) is 46.5 Å². The number of aliphatic hydroxyl groups is 1. The molecule has 0 spiro atoms. The molecule has 1 saturated carbocycles. The molecule has 1 N–H and O–H groups in total. The highest BCUT2D eigenvalue weighted by molar-refractivity contribution is 6.33. The summed E-state index contributed by atoms with van der Waals surface area (Å²) in [5.74, 6) is -2.46. The van der Waals surface area contributed by atoms with Gasteiger partial charge in [-0.05, 0) is 31.9 Å². The first-order valence-electron chi connectivity index (χ1n) is 9.54. The number of carbonyl (C=O) groups excluding carboxylic acids is 1. The van der Waals surface area contributed by atoms with Crippen LogP contribution >= 0.6 is 11.6 Å². The summed E-state index contributed by atoms with van der Waals surface area (Å²) < 4.78 is 67.1. The van der Waals surface area contributed by atoms with Gasteiger partial charge in [-0.1, -0.05) is 22.8 Å². The van der Waals surface area contributed by atoms with Crippen LogP contribution in [0.25, 0.3) is 22.6 Å². The van der Waals surface area contributed by atoms with Gasteiger partial charge < -0.3 is 14.4 Å². The van der Waals surface area contributed by atoms with E-state index in [1.165, 1.54) is 19.1 Å². The van der Waals surface area contributed by atoms with E-state index in [1.807, 2.05) is 0 Å². The molecule has 0 bridgehead atoms. The third-order valence-electron chi connectivity index (χ3n) is 4.68. The molecule has 4 rings (SSSR count). The summed E-state index contributed by atoms with van der Waals surface area (Å²) in [6, 6.07) is 3.73. The van der Waals surface area contributed by atoms with E-state index in [-0.39, 0.29) is 16.3 Å². The number of aromatic nitrogens is 3. The number of esters is 1. The fourth-order valence-electron chi connectivity index (χ4n) is 3.19. The smallest absolute Gasteiger partial charge is 0.433 e. The zero-order valence-electron chi connectivity index (χ0n) is 16.5. The Hall–Kier alpha value is -2.92. The zero-order chi connectivity index (χ0) is 23.2. The Bertz CT molecular complexity index is 1150. The number of ether oxygens (including phenoxy) is 1. The average Bonchev–Trinajstić information content (AvgIpc) is 3.22. The molecule has 0 radical (unpaired) electrons. The molecule has 2 heterocycles. The van der Waals surface area contributed by atoms with Gasteiger partial charge in [0, 0.05) is 0 Å². The summed E-state index contributed by atoms with van der Waals surface area (Å²) >= 11 is 6.08. The molecular formula is C20H16ClF4N3O4. The highest BCUT2D eigenvalue weighted by Crippen LogP contribution is 2.43. The van der Waals surface area contributed by atoms with Gasteiger partial charge in [0.1, 0.15) is 23.2 Å². The lowest BCUT2D eigenvalue weighted by Gasteiger charge is -2.13. The van der Waals surface area contributed by atoms with Gasteiger partial charge in [-0.15, -0.1) is 0 Å². The van der Waals surface area contributed by atoms with E-state index in [9.17, 15) is 27.5 Å². The maximum Gasteiger partial charge on any atom is 0.433 e. The maximum absolute atomic E-state index is 14.5. The van der Waals surface area contributed by atoms with Gasteiger partial charge in [-0.3, -0.25) is 4.68 Å². The van der Waals surface area contributed by atoms with E-state index in [0.717, 1.165) is 12.3 Å². The van der Waals surface area contributed by atoms with E-state index in [4.69, 9.17) is 20.9 Å². The number of alkyl halides is 3. The molecule has 7 nitrogen and oxygen atoms in total. The van der Waals surface area contributed by atoms with Crippen molar-refractivity contribution in [2.45, 2.75) is 44.7 Å². The van der Waals surface area contributed by atoms with Crippen molar-refractivity contribution in [1.29, 1.82) is 0 Å². The molecule has 0 saturated heterocycles. The molecule has 1 aromatic carbocycles. The lowest BCUT2D eigenvalue weighted by molar-refractivity contribution is -0.144. The molecule has 0 amide bonds. The van der Waals surface area contributed by atoms with Crippen LogP contribution in [0.1, 0.15) is 35.8 Å². The highest BCUT2D eigenvalue weighted by atomic mass is 35.5. The summed E-state index contributed by atoms with van der Waals surface area (Å²) in [7, 11) is 0. The van der Waals surface area contributed by atoms with Crippen LogP contribution in [0.3, 0.4) is 0 Å². The summed E-state index contributed by atoms with van der Waals surface area (Å²) in [6.45, 7) is 0.837. The third kappa shape index (κ3) is 4.22. The van der Waals surface area contributed by atoms with E-state index < -0.39 is 59.3 Å². The van der Waals surface area contributed by atoms with Crippen LogP contribution in [0.5, 0.6) is 0 Å². The highest BCUT2D eigenvalue weighted by Gasteiger charge is 2.42. The fourth-order valence-corrected chi connectivity index (χ4v) is 3.45. The van der Waals surface area contributed by atoms with Gasteiger partial charge in [0.05, 0.1) is 35.0 Å². The van der Waals surface area contributed by atoms with Crippen LogP contribution in [0.2, 0.25) is 5.02 Å². The van der Waals surface area contributed by atoms with Gasteiger partial charge in [0.2, 0.25) is 0 Å². The molecule has 3 aromatic rings. The number of hydrogen-bond acceptors (Lipinski definition) is 6. The normalized spacial score (nSPS) is 15.1. The quantitative estimate of drug-likeness (QED) is 0.411. The second-order valence-electron chi connectivity index (χ2n) is 7.37. The lowest BCUT2D eigenvalue weighted by atomic mass is 10.0. The molecule has 1 fully saturated rings. The minimum atomic E-state index is -4.92. The van der Waals surface area contributed by atoms with E-state index in [2.05, 4.69) is 10.3 Å².